The molecule has 0 aliphatic carbocycles. The average molecular weight is 497 g/mol. The average Bonchev–Trinajstić information content (AvgIpc) is 2.89. The largest absolute Gasteiger partial charge is 0.489 e. The maximum absolute atomic E-state index is 12.8. The Kier molecular flexibility index (Phi) is 7.70. The lowest BCUT2D eigenvalue weighted by molar-refractivity contribution is -0.384. The zero-order chi connectivity index (χ0) is 24.7. The lowest BCUT2D eigenvalue weighted by Gasteiger charge is -2.26. The maximum Gasteiger partial charge on any atom is 0.295 e. The van der Waals surface area contributed by atoms with E-state index in [1.54, 1.807) is 24.3 Å². The molecular weight excluding hydrogens is 472 g/mol. The van der Waals surface area contributed by atoms with Crippen LogP contribution >= 0.6 is 0 Å². The summed E-state index contributed by atoms with van der Waals surface area (Å²) in [6.07, 6.45) is 1.50. The summed E-state index contributed by atoms with van der Waals surface area (Å²) in [6.45, 7) is 1.44. The molecule has 1 saturated heterocycles. The quantitative estimate of drug-likeness (QED) is 0.272. The Labute approximate surface area is 203 Å². The molecule has 1 heterocycles. The molecule has 1 aliphatic heterocycles. The minimum absolute atomic E-state index is 0.0787. The van der Waals surface area contributed by atoms with Gasteiger partial charge in [0.1, 0.15) is 18.0 Å². The first-order valence-corrected chi connectivity index (χ1v) is 12.3. The zero-order valence-corrected chi connectivity index (χ0v) is 19.6. The number of sulfonamides is 1. The van der Waals surface area contributed by atoms with Gasteiger partial charge in [0.05, 0.1) is 29.2 Å². The highest BCUT2D eigenvalue weighted by Gasteiger charge is 2.28. The number of morpholine rings is 1. The topological polar surface area (TPSA) is 123 Å². The number of ether oxygens (including phenoxy) is 2. The Morgan fingerprint density at radius 2 is 1.77 bits per heavy atom. The highest BCUT2D eigenvalue weighted by molar-refractivity contribution is 7.89. The van der Waals surface area contributed by atoms with Gasteiger partial charge in [0, 0.05) is 19.2 Å². The molecule has 3 aromatic rings. The second kappa shape index (κ2) is 11.1. The number of benzene rings is 3. The van der Waals surface area contributed by atoms with E-state index in [9.17, 15) is 18.5 Å². The molecule has 1 fully saturated rings. The van der Waals surface area contributed by atoms with Crippen molar-refractivity contribution in [3.8, 4) is 5.75 Å². The van der Waals surface area contributed by atoms with Gasteiger partial charge in [0.15, 0.2) is 0 Å². The van der Waals surface area contributed by atoms with Gasteiger partial charge in [-0.05, 0) is 47.5 Å². The van der Waals surface area contributed by atoms with Gasteiger partial charge in [0.25, 0.3) is 5.69 Å². The van der Waals surface area contributed by atoms with Crippen LogP contribution in [-0.2, 0) is 21.4 Å². The second-order valence-electron chi connectivity index (χ2n) is 7.67. The van der Waals surface area contributed by atoms with Gasteiger partial charge >= 0.3 is 0 Å². The molecule has 0 atom stereocenters. The van der Waals surface area contributed by atoms with Gasteiger partial charge in [0.2, 0.25) is 10.0 Å². The third-order valence-electron chi connectivity index (χ3n) is 5.30. The van der Waals surface area contributed by atoms with Crippen LogP contribution in [0.1, 0.15) is 11.1 Å². The van der Waals surface area contributed by atoms with Crippen LogP contribution in [-0.4, -0.2) is 50.2 Å². The van der Waals surface area contributed by atoms with Crippen molar-refractivity contribution in [2.45, 2.75) is 11.5 Å². The molecule has 10 nitrogen and oxygen atoms in total. The first-order valence-electron chi connectivity index (χ1n) is 10.9. The summed E-state index contributed by atoms with van der Waals surface area (Å²) in [6, 6.07) is 20.7. The molecule has 1 aliphatic rings. The Balaban J connectivity index is 1.41. The Morgan fingerprint density at radius 1 is 1.06 bits per heavy atom. The highest BCUT2D eigenvalue weighted by Crippen LogP contribution is 2.29. The van der Waals surface area contributed by atoms with Crippen molar-refractivity contribution >= 4 is 27.6 Å². The number of anilines is 1. The number of hydrazone groups is 1. The molecule has 3 aromatic carbocycles. The molecule has 0 aromatic heterocycles. The van der Waals surface area contributed by atoms with E-state index in [2.05, 4.69) is 10.5 Å². The van der Waals surface area contributed by atoms with Crippen LogP contribution in [0.2, 0.25) is 0 Å². The van der Waals surface area contributed by atoms with Crippen molar-refractivity contribution < 1.29 is 22.8 Å². The van der Waals surface area contributed by atoms with E-state index in [4.69, 9.17) is 9.47 Å². The second-order valence-corrected chi connectivity index (χ2v) is 9.60. The van der Waals surface area contributed by atoms with Gasteiger partial charge in [-0.15, -0.1) is 0 Å². The van der Waals surface area contributed by atoms with E-state index in [1.165, 1.54) is 22.7 Å². The Morgan fingerprint density at radius 3 is 2.46 bits per heavy atom. The number of nitro groups is 1. The number of hydrogen-bond donors (Lipinski definition) is 1. The normalized spacial score (nSPS) is 14.6. The predicted octanol–water partition coefficient (Wildman–Crippen LogP) is 3.64. The third-order valence-corrected chi connectivity index (χ3v) is 7.20. The highest BCUT2D eigenvalue weighted by atomic mass is 32.2. The first-order chi connectivity index (χ1) is 16.9. The fourth-order valence-electron chi connectivity index (χ4n) is 3.42. The predicted molar refractivity (Wildman–Crippen MR) is 131 cm³/mol. The van der Waals surface area contributed by atoms with Gasteiger partial charge < -0.3 is 9.47 Å². The molecule has 182 valence electrons. The zero-order valence-electron chi connectivity index (χ0n) is 18.7. The molecule has 0 amide bonds. The molecule has 1 N–H and O–H groups in total. The molecule has 0 radical (unpaired) electrons. The van der Waals surface area contributed by atoms with Crippen LogP contribution in [0.5, 0.6) is 5.75 Å². The monoisotopic (exact) mass is 496 g/mol. The van der Waals surface area contributed by atoms with Crippen molar-refractivity contribution in [2.24, 2.45) is 5.10 Å². The minimum Gasteiger partial charge on any atom is -0.489 e. The van der Waals surface area contributed by atoms with Crippen LogP contribution in [0.25, 0.3) is 0 Å². The van der Waals surface area contributed by atoms with E-state index in [0.29, 0.717) is 12.4 Å². The third kappa shape index (κ3) is 6.21. The molecule has 0 saturated carbocycles. The molecule has 0 unspecified atom stereocenters. The van der Waals surface area contributed by atoms with Crippen molar-refractivity contribution in [1.82, 2.24) is 4.31 Å². The summed E-state index contributed by atoms with van der Waals surface area (Å²) in [4.78, 5) is 10.8. The van der Waals surface area contributed by atoms with E-state index in [0.717, 1.165) is 17.2 Å². The summed E-state index contributed by atoms with van der Waals surface area (Å²) in [7, 11) is -3.85. The molecule has 0 spiro atoms. The van der Waals surface area contributed by atoms with E-state index >= 15 is 0 Å². The summed E-state index contributed by atoms with van der Waals surface area (Å²) in [5, 5.41) is 15.6. The molecule has 35 heavy (non-hydrogen) atoms. The van der Waals surface area contributed by atoms with Gasteiger partial charge in [-0.3, -0.25) is 15.5 Å². The Bertz CT molecular complexity index is 1290. The number of hydrogen-bond acceptors (Lipinski definition) is 8. The van der Waals surface area contributed by atoms with Crippen LogP contribution < -0.4 is 10.2 Å². The molecule has 11 heteroatoms. The Hall–Kier alpha value is -3.80. The summed E-state index contributed by atoms with van der Waals surface area (Å²) in [5.41, 5.74) is 4.13. The smallest absolute Gasteiger partial charge is 0.295 e. The molecular formula is C24H24N4O6S. The van der Waals surface area contributed by atoms with E-state index in [-0.39, 0.29) is 42.6 Å². The number of rotatable bonds is 9. The van der Waals surface area contributed by atoms with Crippen LogP contribution in [0.4, 0.5) is 11.4 Å². The molecule has 4 rings (SSSR count). The number of nitro benzene ring substituents is 1. The summed E-state index contributed by atoms with van der Waals surface area (Å²) >= 11 is 0. The first kappa shape index (κ1) is 24.3. The summed E-state index contributed by atoms with van der Waals surface area (Å²) < 4.78 is 37.8. The van der Waals surface area contributed by atoms with Crippen molar-refractivity contribution in [1.29, 1.82) is 0 Å². The lowest BCUT2D eigenvalue weighted by Crippen LogP contribution is -2.40. The van der Waals surface area contributed by atoms with Gasteiger partial charge in [-0.2, -0.15) is 9.41 Å². The SMILES string of the molecule is O=[N+]([O-])c1cc(S(=O)(=O)N2CCOCC2)ccc1N/N=C\c1ccc(OCc2ccccc2)cc1. The van der Waals surface area contributed by atoms with E-state index in [1.807, 2.05) is 30.3 Å². The fourth-order valence-corrected chi connectivity index (χ4v) is 4.85. The maximum atomic E-state index is 12.8. The van der Waals surface area contributed by atoms with Gasteiger partial charge in [-0.25, -0.2) is 8.42 Å². The van der Waals surface area contributed by atoms with Crippen molar-refractivity contribution in [2.75, 3.05) is 31.7 Å². The van der Waals surface area contributed by atoms with Crippen molar-refractivity contribution in [3.63, 3.8) is 0 Å². The molecule has 0 bridgehead atoms. The van der Waals surface area contributed by atoms with Crippen LogP contribution in [0.15, 0.2) is 82.8 Å². The lowest BCUT2D eigenvalue weighted by atomic mass is 10.2. The standard InChI is InChI=1S/C24H24N4O6S/c29-28(30)24-16-22(35(31,32)27-12-14-33-15-13-27)10-11-23(24)26-25-17-19-6-8-21(9-7-19)34-18-20-4-2-1-3-5-20/h1-11,16-17,26H,12-15,18H2/b25-17-. The van der Waals surface area contributed by atoms with Crippen LogP contribution in [0, 0.1) is 10.1 Å². The number of nitrogens with zero attached hydrogens (tertiary/aromatic N) is 3. The number of nitrogens with one attached hydrogen (secondary N) is 1. The van der Waals surface area contributed by atoms with Gasteiger partial charge in [-0.1, -0.05) is 30.3 Å². The summed E-state index contributed by atoms with van der Waals surface area (Å²) in [5.74, 6) is 0.701. The van der Waals surface area contributed by atoms with Crippen LogP contribution in [0.3, 0.4) is 0 Å². The van der Waals surface area contributed by atoms with Crippen molar-refractivity contribution in [3.05, 3.63) is 94.0 Å². The fraction of sp³-hybridized carbons (Fsp3) is 0.208. The van der Waals surface area contributed by atoms with E-state index < -0.39 is 14.9 Å². The minimum atomic E-state index is -3.85.